The van der Waals surface area contributed by atoms with E-state index in [0.29, 0.717) is 36.7 Å². The van der Waals surface area contributed by atoms with Gasteiger partial charge >= 0.3 is 6.09 Å². The molecule has 2 fully saturated rings. The largest absolute Gasteiger partial charge is 0.456 e. The number of hydrogen-bond donors (Lipinski definition) is 1. The standard InChI is InChI=1S/C35H42ClN3O4/c1-34(2,3)43-33(41)39-22-18-35(19-23-39,27-11-5-4-6-12-27)32(40)37-28-16-20-38(21-17-28)25-26-10-9-13-29(24-26)42-31-15-8-7-14-30(31)36/h4-15,24,28H,16-23,25H2,1-3H3,(H,37,40). The Labute approximate surface area is 260 Å². The van der Waals surface area contributed by atoms with E-state index in [1.54, 1.807) is 4.90 Å². The molecule has 228 valence electrons. The third-order valence-electron chi connectivity index (χ3n) is 8.32. The van der Waals surface area contributed by atoms with Crippen LogP contribution in [0.4, 0.5) is 4.79 Å². The smallest absolute Gasteiger partial charge is 0.410 e. The summed E-state index contributed by atoms with van der Waals surface area (Å²) in [6, 6.07) is 25.7. The summed E-state index contributed by atoms with van der Waals surface area (Å²) in [4.78, 5) is 30.9. The predicted octanol–water partition coefficient (Wildman–Crippen LogP) is 7.18. The number of rotatable bonds is 7. The van der Waals surface area contributed by atoms with E-state index in [1.807, 2.05) is 87.5 Å². The number of hydrogen-bond acceptors (Lipinski definition) is 5. The molecule has 5 rings (SSSR count). The number of carbonyl (C=O) groups is 2. The van der Waals surface area contributed by atoms with Crippen molar-refractivity contribution >= 4 is 23.6 Å². The van der Waals surface area contributed by atoms with Gasteiger partial charge in [0, 0.05) is 38.8 Å². The Morgan fingerprint density at radius 3 is 2.26 bits per heavy atom. The maximum atomic E-state index is 14.0. The van der Waals surface area contributed by atoms with Crippen molar-refractivity contribution in [1.82, 2.24) is 15.1 Å². The summed E-state index contributed by atoms with van der Waals surface area (Å²) >= 11 is 6.27. The van der Waals surface area contributed by atoms with Crippen LogP contribution in [0.5, 0.6) is 11.5 Å². The van der Waals surface area contributed by atoms with E-state index in [1.165, 1.54) is 5.56 Å². The minimum Gasteiger partial charge on any atom is -0.456 e. The molecule has 2 heterocycles. The second-order valence-electron chi connectivity index (χ2n) is 12.6. The molecular weight excluding hydrogens is 562 g/mol. The van der Waals surface area contributed by atoms with Crippen LogP contribution in [0.2, 0.25) is 5.02 Å². The van der Waals surface area contributed by atoms with E-state index in [-0.39, 0.29) is 18.0 Å². The lowest BCUT2D eigenvalue weighted by Gasteiger charge is -2.42. The summed E-state index contributed by atoms with van der Waals surface area (Å²) < 4.78 is 11.6. The number of para-hydroxylation sites is 1. The van der Waals surface area contributed by atoms with Crippen LogP contribution in [0.25, 0.3) is 0 Å². The minimum atomic E-state index is -0.668. The van der Waals surface area contributed by atoms with E-state index in [9.17, 15) is 9.59 Å². The molecule has 7 nitrogen and oxygen atoms in total. The van der Waals surface area contributed by atoms with Crippen LogP contribution in [0.3, 0.4) is 0 Å². The predicted molar refractivity (Wildman–Crippen MR) is 170 cm³/mol. The zero-order valence-electron chi connectivity index (χ0n) is 25.4. The Balaban J connectivity index is 1.17. The van der Waals surface area contributed by atoms with Gasteiger partial charge in [0.05, 0.1) is 10.4 Å². The van der Waals surface area contributed by atoms with Gasteiger partial charge in [-0.3, -0.25) is 9.69 Å². The number of carbonyl (C=O) groups excluding carboxylic acids is 2. The third kappa shape index (κ3) is 7.89. The molecule has 0 bridgehead atoms. The molecule has 0 spiro atoms. The molecular formula is C35H42ClN3O4. The van der Waals surface area contributed by atoms with Crippen LogP contribution in [0, 0.1) is 0 Å². The number of ether oxygens (including phenoxy) is 2. The number of likely N-dealkylation sites (tertiary alicyclic amines) is 2. The van der Waals surface area contributed by atoms with Crippen molar-refractivity contribution in [1.29, 1.82) is 0 Å². The quantitative estimate of drug-likeness (QED) is 0.310. The van der Waals surface area contributed by atoms with Crippen molar-refractivity contribution in [3.63, 3.8) is 0 Å². The first-order valence-electron chi connectivity index (χ1n) is 15.2. The van der Waals surface area contributed by atoms with Crippen LogP contribution >= 0.6 is 11.6 Å². The Hall–Kier alpha value is -3.55. The SMILES string of the molecule is CC(C)(C)OC(=O)N1CCC(C(=O)NC2CCN(Cc3cccc(Oc4ccccc4Cl)c3)CC2)(c2ccccc2)CC1. The molecule has 2 aliphatic rings. The molecule has 2 aliphatic heterocycles. The molecule has 8 heteroatoms. The summed E-state index contributed by atoms with van der Waals surface area (Å²) in [5.74, 6) is 1.46. The number of halogens is 1. The van der Waals surface area contributed by atoms with E-state index >= 15 is 0 Å². The molecule has 0 unspecified atom stereocenters. The minimum absolute atomic E-state index is 0.0606. The zero-order valence-corrected chi connectivity index (χ0v) is 26.1. The number of nitrogens with one attached hydrogen (secondary N) is 1. The number of benzene rings is 3. The number of amides is 2. The topological polar surface area (TPSA) is 71.1 Å². The van der Waals surface area contributed by atoms with Crippen molar-refractivity contribution < 1.29 is 19.1 Å². The van der Waals surface area contributed by atoms with Gasteiger partial charge in [0.15, 0.2) is 0 Å². The summed E-state index contributed by atoms with van der Waals surface area (Å²) in [6.45, 7) is 9.18. The van der Waals surface area contributed by atoms with Crippen molar-refractivity contribution in [2.24, 2.45) is 0 Å². The van der Waals surface area contributed by atoms with Gasteiger partial charge in [0.2, 0.25) is 5.91 Å². The normalized spacial score (nSPS) is 17.7. The van der Waals surface area contributed by atoms with E-state index < -0.39 is 11.0 Å². The second kappa shape index (κ2) is 13.4. The molecule has 2 saturated heterocycles. The van der Waals surface area contributed by atoms with Gasteiger partial charge in [-0.2, -0.15) is 0 Å². The Kier molecular flexibility index (Phi) is 9.62. The van der Waals surface area contributed by atoms with E-state index in [0.717, 1.165) is 43.8 Å². The Bertz CT molecular complexity index is 1390. The molecule has 0 aromatic heterocycles. The van der Waals surface area contributed by atoms with Gasteiger partial charge < -0.3 is 19.7 Å². The van der Waals surface area contributed by atoms with Crippen molar-refractivity contribution in [2.45, 2.75) is 70.1 Å². The number of piperidine rings is 2. The van der Waals surface area contributed by atoms with Crippen LogP contribution in [-0.2, 0) is 21.5 Å². The lowest BCUT2D eigenvalue weighted by atomic mass is 9.71. The summed E-state index contributed by atoms with van der Waals surface area (Å²) in [5, 5.41) is 3.99. The molecule has 3 aromatic rings. The molecule has 0 aliphatic carbocycles. The Morgan fingerprint density at radius 1 is 0.907 bits per heavy atom. The molecule has 0 radical (unpaired) electrons. The lowest BCUT2D eigenvalue weighted by Crippen LogP contribution is -2.56. The summed E-state index contributed by atoms with van der Waals surface area (Å²) in [6.07, 6.45) is 2.58. The monoisotopic (exact) mass is 603 g/mol. The van der Waals surface area contributed by atoms with Gasteiger partial charge in [-0.05, 0) is 81.8 Å². The van der Waals surface area contributed by atoms with Crippen molar-refractivity contribution in [3.05, 3.63) is 95.0 Å². The first-order valence-corrected chi connectivity index (χ1v) is 15.6. The first-order chi connectivity index (χ1) is 20.6. The average Bonchev–Trinajstić information content (AvgIpc) is 2.99. The maximum Gasteiger partial charge on any atom is 0.410 e. The van der Waals surface area contributed by atoms with E-state index in [4.69, 9.17) is 21.1 Å². The highest BCUT2D eigenvalue weighted by Crippen LogP contribution is 2.37. The van der Waals surface area contributed by atoms with Gasteiger partial charge in [0.1, 0.15) is 17.1 Å². The molecule has 2 amide bonds. The van der Waals surface area contributed by atoms with Crippen LogP contribution in [-0.4, -0.2) is 59.6 Å². The van der Waals surface area contributed by atoms with Gasteiger partial charge in [-0.25, -0.2) is 4.79 Å². The number of nitrogens with zero attached hydrogens (tertiary/aromatic N) is 2. The highest BCUT2D eigenvalue weighted by molar-refractivity contribution is 6.32. The first kappa shape index (κ1) is 30.9. The van der Waals surface area contributed by atoms with Crippen LogP contribution < -0.4 is 10.1 Å². The van der Waals surface area contributed by atoms with Gasteiger partial charge in [0.25, 0.3) is 0 Å². The molecule has 0 saturated carbocycles. The average molecular weight is 604 g/mol. The second-order valence-corrected chi connectivity index (χ2v) is 13.0. The molecule has 1 N–H and O–H groups in total. The lowest BCUT2D eigenvalue weighted by molar-refractivity contribution is -0.129. The third-order valence-corrected chi connectivity index (χ3v) is 8.63. The Morgan fingerprint density at radius 2 is 1.58 bits per heavy atom. The maximum absolute atomic E-state index is 14.0. The highest BCUT2D eigenvalue weighted by atomic mass is 35.5. The van der Waals surface area contributed by atoms with Gasteiger partial charge in [-0.1, -0.05) is 66.2 Å². The van der Waals surface area contributed by atoms with Crippen LogP contribution in [0.15, 0.2) is 78.9 Å². The summed E-state index contributed by atoms with van der Waals surface area (Å²) in [5.41, 5.74) is 0.961. The summed E-state index contributed by atoms with van der Waals surface area (Å²) in [7, 11) is 0. The fourth-order valence-electron chi connectivity index (χ4n) is 5.98. The molecule has 43 heavy (non-hydrogen) atoms. The molecule has 0 atom stereocenters. The van der Waals surface area contributed by atoms with Crippen molar-refractivity contribution in [3.8, 4) is 11.5 Å². The molecule has 3 aromatic carbocycles. The van der Waals surface area contributed by atoms with Gasteiger partial charge in [-0.15, -0.1) is 0 Å². The zero-order chi connectivity index (χ0) is 30.5. The van der Waals surface area contributed by atoms with Crippen molar-refractivity contribution in [2.75, 3.05) is 26.2 Å². The van der Waals surface area contributed by atoms with Crippen LogP contribution in [0.1, 0.15) is 57.6 Å². The fourth-order valence-corrected chi connectivity index (χ4v) is 6.15. The van der Waals surface area contributed by atoms with E-state index in [2.05, 4.69) is 22.3 Å². The fraction of sp³-hybridized carbons (Fsp3) is 0.429. The highest BCUT2D eigenvalue weighted by Gasteiger charge is 2.45.